The maximum Gasteiger partial charge on any atom is 0.407 e. The Morgan fingerprint density at radius 1 is 0.846 bits per heavy atom. The molecule has 7 heteroatoms. The van der Waals surface area contributed by atoms with Gasteiger partial charge in [0.2, 0.25) is 0 Å². The second-order valence-electron chi connectivity index (χ2n) is 7.53. The molecule has 1 unspecified atom stereocenters. The lowest BCUT2D eigenvalue weighted by Gasteiger charge is -2.22. The predicted molar refractivity (Wildman–Crippen MR) is 94.6 cm³/mol. The Balaban J connectivity index is 1.68. The van der Waals surface area contributed by atoms with Gasteiger partial charge in [-0.1, -0.05) is 38.5 Å². The number of hydrogen-bond donors (Lipinski definition) is 2. The Kier molecular flexibility index (Phi) is 8.71. The minimum absolute atomic E-state index is 0.296. The van der Waals surface area contributed by atoms with Crippen LogP contribution < -0.4 is 5.32 Å². The molecule has 0 aromatic rings. The van der Waals surface area contributed by atoms with E-state index in [2.05, 4.69) is 5.32 Å². The molecule has 1 amide bonds. The lowest BCUT2D eigenvalue weighted by Crippen LogP contribution is -2.43. The molecule has 2 saturated carbocycles. The summed E-state index contributed by atoms with van der Waals surface area (Å²) in [6.45, 7) is 0.627. The van der Waals surface area contributed by atoms with E-state index in [1.54, 1.807) is 0 Å². The number of hydrogen-bond acceptors (Lipinski definition) is 5. The molecule has 0 aromatic carbocycles. The molecule has 0 radical (unpaired) electrons. The van der Waals surface area contributed by atoms with Gasteiger partial charge in [0.25, 0.3) is 0 Å². The van der Waals surface area contributed by atoms with Crippen LogP contribution in [0.4, 0.5) is 4.79 Å². The van der Waals surface area contributed by atoms with Crippen molar-refractivity contribution in [3.8, 4) is 0 Å². The highest BCUT2D eigenvalue weighted by Gasteiger charge is 2.26. The molecule has 0 heterocycles. The van der Waals surface area contributed by atoms with Gasteiger partial charge in [0.15, 0.2) is 0 Å². The van der Waals surface area contributed by atoms with Crippen LogP contribution >= 0.6 is 0 Å². The Labute approximate surface area is 154 Å². The summed E-state index contributed by atoms with van der Waals surface area (Å²) in [6.07, 6.45) is 9.98. The van der Waals surface area contributed by atoms with Crippen LogP contribution in [0.1, 0.15) is 70.6 Å². The largest absolute Gasteiger partial charge is 0.480 e. The summed E-state index contributed by atoms with van der Waals surface area (Å²) >= 11 is 0. The number of rotatable bonds is 8. The van der Waals surface area contributed by atoms with Crippen molar-refractivity contribution in [1.29, 1.82) is 0 Å². The van der Waals surface area contributed by atoms with Gasteiger partial charge in [-0.25, -0.2) is 9.59 Å². The van der Waals surface area contributed by atoms with Crippen molar-refractivity contribution >= 4 is 18.0 Å². The van der Waals surface area contributed by atoms with Gasteiger partial charge in [0.1, 0.15) is 6.04 Å². The number of aliphatic carboxylic acids is 1. The van der Waals surface area contributed by atoms with Crippen molar-refractivity contribution < 1.29 is 29.0 Å². The standard InChI is InChI=1S/C19H31NO6/c21-17(25-12-14-7-3-1-4-8-14)11-16(18(22)23)20-19(24)26-13-15-9-5-2-6-10-15/h14-16H,1-13H2,(H,20,24)(H,22,23). The quantitative estimate of drug-likeness (QED) is 0.637. The van der Waals surface area contributed by atoms with E-state index >= 15 is 0 Å². The van der Waals surface area contributed by atoms with Crippen LogP contribution in [0.15, 0.2) is 0 Å². The maximum absolute atomic E-state index is 11.9. The van der Waals surface area contributed by atoms with Gasteiger partial charge in [0.05, 0.1) is 19.6 Å². The first-order valence-corrected chi connectivity index (χ1v) is 9.86. The van der Waals surface area contributed by atoms with Crippen LogP contribution in [0, 0.1) is 11.8 Å². The molecule has 2 aliphatic carbocycles. The molecule has 0 saturated heterocycles. The first kappa shape index (κ1) is 20.5. The molecular formula is C19H31NO6. The number of carboxylic acids is 1. The van der Waals surface area contributed by atoms with E-state index in [1.807, 2.05) is 0 Å². The molecule has 1 atom stereocenters. The Bertz CT molecular complexity index is 433. The van der Waals surface area contributed by atoms with Crippen molar-refractivity contribution in [2.75, 3.05) is 13.2 Å². The summed E-state index contributed by atoms with van der Waals surface area (Å²) in [6, 6.07) is -1.33. The summed E-state index contributed by atoms with van der Waals surface area (Å²) in [5, 5.41) is 11.5. The SMILES string of the molecule is O=C(CC(NC(=O)OCC1CCCCC1)C(=O)O)OCC1CCCCC1. The molecule has 2 N–H and O–H groups in total. The number of amides is 1. The number of esters is 1. The summed E-state index contributed by atoms with van der Waals surface area (Å²) in [5.41, 5.74) is 0. The minimum atomic E-state index is -1.33. The monoisotopic (exact) mass is 369 g/mol. The van der Waals surface area contributed by atoms with Crippen LogP contribution in [0.2, 0.25) is 0 Å². The fourth-order valence-corrected chi connectivity index (χ4v) is 3.72. The van der Waals surface area contributed by atoms with Crippen LogP contribution in [0.3, 0.4) is 0 Å². The van der Waals surface area contributed by atoms with Crippen molar-refractivity contribution in [2.24, 2.45) is 11.8 Å². The fraction of sp³-hybridized carbons (Fsp3) is 0.842. The highest BCUT2D eigenvalue weighted by atomic mass is 16.6. The second-order valence-corrected chi connectivity index (χ2v) is 7.53. The van der Waals surface area contributed by atoms with E-state index in [1.165, 1.54) is 12.8 Å². The highest BCUT2D eigenvalue weighted by molar-refractivity contribution is 5.85. The van der Waals surface area contributed by atoms with Crippen molar-refractivity contribution in [3.63, 3.8) is 0 Å². The molecule has 0 spiro atoms. The van der Waals surface area contributed by atoms with Crippen LogP contribution in [-0.4, -0.2) is 42.4 Å². The van der Waals surface area contributed by atoms with E-state index < -0.39 is 24.1 Å². The number of ether oxygens (including phenoxy) is 2. The number of alkyl carbamates (subject to hydrolysis) is 1. The summed E-state index contributed by atoms with van der Waals surface area (Å²) in [7, 11) is 0. The predicted octanol–water partition coefficient (Wildman–Crippen LogP) is 3.26. The smallest absolute Gasteiger partial charge is 0.407 e. The molecule has 26 heavy (non-hydrogen) atoms. The summed E-state index contributed by atoms with van der Waals surface area (Å²) in [4.78, 5) is 35.1. The van der Waals surface area contributed by atoms with E-state index in [0.717, 1.165) is 51.4 Å². The zero-order valence-corrected chi connectivity index (χ0v) is 15.4. The average molecular weight is 369 g/mol. The Hall–Kier alpha value is -1.79. The molecular weight excluding hydrogens is 338 g/mol. The third kappa shape index (κ3) is 7.62. The second kappa shape index (κ2) is 11.0. The number of carboxylic acid groups (broad SMARTS) is 1. The normalized spacial score (nSPS) is 20.2. The molecule has 0 aromatic heterocycles. The van der Waals surface area contributed by atoms with Crippen molar-refractivity contribution in [2.45, 2.75) is 76.7 Å². The van der Waals surface area contributed by atoms with Gasteiger partial charge >= 0.3 is 18.0 Å². The van der Waals surface area contributed by atoms with Gasteiger partial charge in [-0.3, -0.25) is 4.79 Å². The first-order valence-electron chi connectivity index (χ1n) is 9.86. The third-order valence-corrected chi connectivity index (χ3v) is 5.34. The van der Waals surface area contributed by atoms with Crippen LogP contribution in [-0.2, 0) is 19.1 Å². The molecule has 2 rings (SSSR count). The summed E-state index contributed by atoms with van der Waals surface area (Å²) < 4.78 is 10.3. The van der Waals surface area contributed by atoms with Crippen molar-refractivity contribution in [1.82, 2.24) is 5.32 Å². The van der Waals surface area contributed by atoms with Crippen LogP contribution in [0.25, 0.3) is 0 Å². The molecule has 0 aliphatic heterocycles. The van der Waals surface area contributed by atoms with Crippen molar-refractivity contribution in [3.05, 3.63) is 0 Å². The first-order chi connectivity index (χ1) is 12.5. The Morgan fingerprint density at radius 2 is 1.35 bits per heavy atom. The molecule has 2 fully saturated rings. The molecule has 148 valence electrons. The number of carbonyl (C=O) groups excluding carboxylic acids is 2. The molecule has 7 nitrogen and oxygen atoms in total. The van der Waals surface area contributed by atoms with Gasteiger partial charge in [-0.15, -0.1) is 0 Å². The van der Waals surface area contributed by atoms with Gasteiger partial charge in [-0.05, 0) is 37.5 Å². The van der Waals surface area contributed by atoms with Crippen LogP contribution in [0.5, 0.6) is 0 Å². The summed E-state index contributed by atoms with van der Waals surface area (Å²) in [5.74, 6) is -1.16. The number of carbonyl (C=O) groups is 3. The lowest BCUT2D eigenvalue weighted by atomic mass is 9.90. The van der Waals surface area contributed by atoms with E-state index in [-0.39, 0.29) is 6.42 Å². The minimum Gasteiger partial charge on any atom is -0.480 e. The van der Waals surface area contributed by atoms with E-state index in [4.69, 9.17) is 9.47 Å². The molecule has 0 bridgehead atoms. The lowest BCUT2D eigenvalue weighted by molar-refractivity contribution is -0.150. The third-order valence-electron chi connectivity index (χ3n) is 5.34. The van der Waals surface area contributed by atoms with Gasteiger partial charge in [-0.2, -0.15) is 0 Å². The topological polar surface area (TPSA) is 102 Å². The van der Waals surface area contributed by atoms with E-state index in [9.17, 15) is 19.5 Å². The van der Waals surface area contributed by atoms with Gasteiger partial charge < -0.3 is 19.9 Å². The zero-order valence-electron chi connectivity index (χ0n) is 15.4. The molecule has 2 aliphatic rings. The Morgan fingerprint density at radius 3 is 1.85 bits per heavy atom. The zero-order chi connectivity index (χ0) is 18.8. The average Bonchev–Trinajstić information content (AvgIpc) is 2.66. The van der Waals surface area contributed by atoms with E-state index in [0.29, 0.717) is 25.0 Å². The maximum atomic E-state index is 11.9. The number of nitrogens with one attached hydrogen (secondary N) is 1. The fourth-order valence-electron chi connectivity index (χ4n) is 3.72. The van der Waals surface area contributed by atoms with Gasteiger partial charge in [0, 0.05) is 0 Å². The highest BCUT2D eigenvalue weighted by Crippen LogP contribution is 2.24.